The highest BCUT2D eigenvalue weighted by Gasteiger charge is 2.31. The van der Waals surface area contributed by atoms with Gasteiger partial charge in [-0.15, -0.1) is 0 Å². The molecule has 6 nitrogen and oxygen atoms in total. The van der Waals surface area contributed by atoms with E-state index in [1.165, 1.54) is 25.2 Å². The molecule has 1 aliphatic rings. The third kappa shape index (κ3) is 3.42. The zero-order chi connectivity index (χ0) is 15.6. The van der Waals surface area contributed by atoms with E-state index in [-0.39, 0.29) is 21.4 Å². The summed E-state index contributed by atoms with van der Waals surface area (Å²) in [4.78, 5) is 23.6. The molecule has 1 aromatic carbocycles. The molecule has 0 aromatic heterocycles. The van der Waals surface area contributed by atoms with Gasteiger partial charge in [0.05, 0.1) is 21.5 Å². The lowest BCUT2D eigenvalue weighted by Crippen LogP contribution is -2.26. The number of benzene rings is 1. The Bertz CT molecular complexity index is 687. The summed E-state index contributed by atoms with van der Waals surface area (Å²) in [6.45, 7) is 0. The number of halogens is 1. The van der Waals surface area contributed by atoms with Crippen molar-refractivity contribution in [2.24, 2.45) is 5.92 Å². The van der Waals surface area contributed by atoms with E-state index in [9.17, 15) is 18.0 Å². The molecule has 114 valence electrons. The van der Waals surface area contributed by atoms with Crippen molar-refractivity contribution in [2.75, 3.05) is 12.4 Å². The predicted molar refractivity (Wildman–Crippen MR) is 78.7 cm³/mol. The number of rotatable bonds is 4. The highest BCUT2D eigenvalue weighted by Crippen LogP contribution is 2.28. The first-order chi connectivity index (χ1) is 9.85. The smallest absolute Gasteiger partial charge is 0.240 e. The normalized spacial score (nSPS) is 18.8. The van der Waals surface area contributed by atoms with Crippen molar-refractivity contribution in [2.45, 2.75) is 24.2 Å². The van der Waals surface area contributed by atoms with Crippen molar-refractivity contribution in [3.05, 3.63) is 23.2 Å². The van der Waals surface area contributed by atoms with Crippen LogP contribution < -0.4 is 10.0 Å². The molecule has 0 radical (unpaired) electrons. The minimum Gasteiger partial charge on any atom is -0.324 e. The van der Waals surface area contributed by atoms with Gasteiger partial charge in [0, 0.05) is 6.42 Å². The lowest BCUT2D eigenvalue weighted by atomic mass is 10.1. The third-order valence-corrected chi connectivity index (χ3v) is 5.14. The molecule has 1 saturated carbocycles. The van der Waals surface area contributed by atoms with E-state index in [1.807, 2.05) is 0 Å². The second kappa shape index (κ2) is 6.13. The van der Waals surface area contributed by atoms with Crippen LogP contribution in [0.1, 0.15) is 19.3 Å². The molecule has 8 heteroatoms. The van der Waals surface area contributed by atoms with Crippen LogP contribution in [-0.2, 0) is 19.6 Å². The summed E-state index contributed by atoms with van der Waals surface area (Å²) in [5, 5.41) is 2.75. The summed E-state index contributed by atoms with van der Waals surface area (Å²) >= 11 is 5.96. The van der Waals surface area contributed by atoms with E-state index in [4.69, 9.17) is 11.6 Å². The first-order valence-electron chi connectivity index (χ1n) is 6.42. The molecular weight excluding hydrogens is 316 g/mol. The maximum atomic E-state index is 12.1. The van der Waals surface area contributed by atoms with Gasteiger partial charge >= 0.3 is 0 Å². The number of carbonyl (C=O) groups excluding carboxylic acids is 2. The van der Waals surface area contributed by atoms with Crippen LogP contribution in [0.3, 0.4) is 0 Å². The molecule has 0 saturated heterocycles. The van der Waals surface area contributed by atoms with Gasteiger partial charge in [0.15, 0.2) is 0 Å². The molecule has 1 unspecified atom stereocenters. The van der Waals surface area contributed by atoms with E-state index in [0.717, 1.165) is 0 Å². The Morgan fingerprint density at radius 3 is 2.67 bits per heavy atom. The quantitative estimate of drug-likeness (QED) is 0.819. The number of amides is 1. The molecule has 1 amide bonds. The van der Waals surface area contributed by atoms with E-state index in [0.29, 0.717) is 19.3 Å². The fourth-order valence-corrected chi connectivity index (χ4v) is 3.12. The van der Waals surface area contributed by atoms with Gasteiger partial charge < -0.3 is 5.32 Å². The minimum atomic E-state index is -3.63. The number of nitrogens with one attached hydrogen (secondary N) is 2. The monoisotopic (exact) mass is 330 g/mol. The van der Waals surface area contributed by atoms with E-state index >= 15 is 0 Å². The lowest BCUT2D eigenvalue weighted by molar-refractivity contribution is -0.129. The van der Waals surface area contributed by atoms with Crippen molar-refractivity contribution in [3.63, 3.8) is 0 Å². The summed E-state index contributed by atoms with van der Waals surface area (Å²) < 4.78 is 25.7. The van der Waals surface area contributed by atoms with Crippen LogP contribution in [0, 0.1) is 5.92 Å². The Kier molecular flexibility index (Phi) is 4.65. The molecule has 0 bridgehead atoms. The maximum Gasteiger partial charge on any atom is 0.240 e. The topological polar surface area (TPSA) is 92.3 Å². The highest BCUT2D eigenvalue weighted by molar-refractivity contribution is 7.89. The van der Waals surface area contributed by atoms with Crippen molar-refractivity contribution >= 4 is 39.0 Å². The van der Waals surface area contributed by atoms with Crippen molar-refractivity contribution in [3.8, 4) is 0 Å². The fourth-order valence-electron chi connectivity index (χ4n) is 2.20. The number of ketones is 1. The molecule has 1 fully saturated rings. The molecule has 1 aliphatic carbocycles. The van der Waals surface area contributed by atoms with Crippen molar-refractivity contribution in [1.29, 1.82) is 0 Å². The van der Waals surface area contributed by atoms with E-state index < -0.39 is 21.8 Å². The predicted octanol–water partition coefficient (Wildman–Crippen LogP) is 1.56. The Balaban J connectivity index is 2.25. The second-order valence-electron chi connectivity index (χ2n) is 4.75. The standard InChI is InChI=1S/C13H15ClN2O4S/c1-15-21(19,20)8-5-6-10(14)11(7-8)16-13(18)9-3-2-4-12(9)17/h5-7,9,15H,2-4H2,1H3,(H,16,18). The molecule has 0 spiro atoms. The van der Waals surface area contributed by atoms with Gasteiger partial charge in [-0.3, -0.25) is 9.59 Å². The number of hydrogen-bond donors (Lipinski definition) is 2. The van der Waals surface area contributed by atoms with Gasteiger partial charge in [0.25, 0.3) is 0 Å². The Morgan fingerprint density at radius 1 is 1.38 bits per heavy atom. The van der Waals surface area contributed by atoms with E-state index in [1.54, 1.807) is 0 Å². The van der Waals surface area contributed by atoms with Gasteiger partial charge in [-0.1, -0.05) is 11.6 Å². The van der Waals surface area contributed by atoms with Crippen LogP contribution in [0.15, 0.2) is 23.1 Å². The number of Topliss-reactive ketones (excluding diaryl/α,β-unsaturated/α-hetero) is 1. The van der Waals surface area contributed by atoms with Crippen LogP contribution >= 0.6 is 11.6 Å². The average molecular weight is 331 g/mol. The van der Waals surface area contributed by atoms with Gasteiger partial charge in [-0.05, 0) is 38.1 Å². The molecule has 2 N–H and O–H groups in total. The fraction of sp³-hybridized carbons (Fsp3) is 0.385. The number of sulfonamides is 1. The molecular formula is C13H15ClN2O4S. The second-order valence-corrected chi connectivity index (χ2v) is 7.04. The summed E-state index contributed by atoms with van der Waals surface area (Å²) in [5.74, 6) is -1.22. The van der Waals surface area contributed by atoms with Gasteiger partial charge in [-0.2, -0.15) is 0 Å². The molecule has 0 heterocycles. The Labute approximate surface area is 127 Å². The number of hydrogen-bond acceptors (Lipinski definition) is 4. The maximum absolute atomic E-state index is 12.1. The molecule has 1 atom stereocenters. The minimum absolute atomic E-state index is 0.0116. The summed E-state index contributed by atoms with van der Waals surface area (Å²) in [7, 11) is -2.34. The Hall–Kier alpha value is -1.44. The zero-order valence-electron chi connectivity index (χ0n) is 11.3. The zero-order valence-corrected chi connectivity index (χ0v) is 12.9. The molecule has 2 rings (SSSR count). The van der Waals surface area contributed by atoms with Crippen molar-refractivity contribution < 1.29 is 18.0 Å². The molecule has 1 aromatic rings. The molecule has 21 heavy (non-hydrogen) atoms. The van der Waals surface area contributed by atoms with Crippen molar-refractivity contribution in [1.82, 2.24) is 4.72 Å². The number of carbonyl (C=O) groups is 2. The van der Waals surface area contributed by atoms with Crippen LogP contribution in [0.25, 0.3) is 0 Å². The lowest BCUT2D eigenvalue weighted by Gasteiger charge is -2.12. The first-order valence-corrected chi connectivity index (χ1v) is 8.28. The summed E-state index contributed by atoms with van der Waals surface area (Å²) in [5.41, 5.74) is 0.178. The number of anilines is 1. The van der Waals surface area contributed by atoms with Crippen LogP contribution in [0.5, 0.6) is 0 Å². The van der Waals surface area contributed by atoms with Crippen LogP contribution in [0.2, 0.25) is 5.02 Å². The third-order valence-electron chi connectivity index (χ3n) is 3.40. The first kappa shape index (κ1) is 15.9. The Morgan fingerprint density at radius 2 is 2.10 bits per heavy atom. The summed E-state index contributed by atoms with van der Waals surface area (Å²) in [6.07, 6.45) is 1.61. The highest BCUT2D eigenvalue weighted by atomic mass is 35.5. The average Bonchev–Trinajstić information content (AvgIpc) is 2.87. The molecule has 0 aliphatic heterocycles. The summed E-state index contributed by atoms with van der Waals surface area (Å²) in [6, 6.07) is 3.99. The van der Waals surface area contributed by atoms with Gasteiger partial charge in [0.2, 0.25) is 15.9 Å². The SMILES string of the molecule is CNS(=O)(=O)c1ccc(Cl)c(NC(=O)C2CCCC2=O)c1. The van der Waals surface area contributed by atoms with Gasteiger partial charge in [-0.25, -0.2) is 13.1 Å². The van der Waals surface area contributed by atoms with Gasteiger partial charge in [0.1, 0.15) is 5.78 Å². The van der Waals surface area contributed by atoms with Crippen LogP contribution in [-0.4, -0.2) is 27.2 Å². The largest absolute Gasteiger partial charge is 0.324 e. The van der Waals surface area contributed by atoms with Crippen LogP contribution in [0.4, 0.5) is 5.69 Å². The van der Waals surface area contributed by atoms with E-state index in [2.05, 4.69) is 10.0 Å².